The zero-order valence-electron chi connectivity index (χ0n) is 16.7. The topological polar surface area (TPSA) is 89.0 Å². The lowest BCUT2D eigenvalue weighted by Gasteiger charge is -2.08. The fraction of sp³-hybridized carbons (Fsp3) is 0.0870. The number of halogens is 1. The summed E-state index contributed by atoms with van der Waals surface area (Å²) in [4.78, 5) is 23.9. The van der Waals surface area contributed by atoms with Crippen LogP contribution in [0.15, 0.2) is 77.9 Å². The molecule has 8 heteroatoms. The van der Waals surface area contributed by atoms with Gasteiger partial charge in [-0.25, -0.2) is 5.43 Å². The van der Waals surface area contributed by atoms with Gasteiger partial charge in [-0.15, -0.1) is 0 Å². The molecule has 0 fully saturated rings. The van der Waals surface area contributed by atoms with Gasteiger partial charge in [0.1, 0.15) is 18.1 Å². The second kappa shape index (κ2) is 10.8. The summed E-state index contributed by atoms with van der Waals surface area (Å²) < 4.78 is 10.8. The first kappa shape index (κ1) is 21.9. The maximum atomic E-state index is 12.0. The minimum absolute atomic E-state index is 0.352. The molecule has 0 saturated carbocycles. The van der Waals surface area contributed by atoms with Gasteiger partial charge < -0.3 is 14.8 Å². The van der Waals surface area contributed by atoms with Gasteiger partial charge in [0, 0.05) is 10.6 Å². The maximum Gasteiger partial charge on any atom is 0.329 e. The highest BCUT2D eigenvalue weighted by atomic mass is 35.5. The molecular weight excluding hydrogens is 418 g/mol. The number of anilines is 1. The maximum absolute atomic E-state index is 12.0. The number of amides is 2. The van der Waals surface area contributed by atoms with Crippen molar-refractivity contribution < 1.29 is 19.1 Å². The van der Waals surface area contributed by atoms with Crippen LogP contribution in [-0.4, -0.2) is 25.1 Å². The summed E-state index contributed by atoms with van der Waals surface area (Å²) in [6, 6.07) is 21.3. The quantitative estimate of drug-likeness (QED) is 0.332. The summed E-state index contributed by atoms with van der Waals surface area (Å²) >= 11 is 6.11. The van der Waals surface area contributed by atoms with Crippen molar-refractivity contribution in [3.8, 4) is 11.5 Å². The van der Waals surface area contributed by atoms with Crippen molar-refractivity contribution >= 4 is 35.3 Å². The number of ether oxygens (including phenoxy) is 2. The molecule has 0 aliphatic heterocycles. The molecule has 3 rings (SSSR count). The lowest BCUT2D eigenvalue weighted by atomic mass is 10.2. The Morgan fingerprint density at radius 1 is 0.968 bits per heavy atom. The molecule has 3 aromatic rings. The lowest BCUT2D eigenvalue weighted by molar-refractivity contribution is -0.136. The minimum atomic E-state index is -0.901. The molecule has 0 spiro atoms. The third-order valence-electron chi connectivity index (χ3n) is 4.17. The van der Waals surface area contributed by atoms with E-state index in [1.165, 1.54) is 13.3 Å². The van der Waals surface area contributed by atoms with E-state index in [1.54, 1.807) is 48.5 Å². The van der Waals surface area contributed by atoms with Crippen molar-refractivity contribution in [3.05, 3.63) is 88.9 Å². The molecule has 0 aliphatic rings. The number of nitrogens with one attached hydrogen (secondary N) is 2. The van der Waals surface area contributed by atoms with E-state index < -0.39 is 11.8 Å². The smallest absolute Gasteiger partial charge is 0.329 e. The highest BCUT2D eigenvalue weighted by Gasteiger charge is 2.14. The Kier molecular flexibility index (Phi) is 7.61. The Labute approximate surface area is 184 Å². The van der Waals surface area contributed by atoms with Gasteiger partial charge in [0.2, 0.25) is 0 Å². The third kappa shape index (κ3) is 6.32. The van der Waals surface area contributed by atoms with E-state index in [0.717, 1.165) is 11.1 Å². The number of rotatable bonds is 7. The first-order valence-electron chi connectivity index (χ1n) is 9.30. The predicted octanol–water partition coefficient (Wildman–Crippen LogP) is 4.02. The Bertz CT molecular complexity index is 1080. The highest BCUT2D eigenvalue weighted by molar-refractivity contribution is 6.39. The zero-order chi connectivity index (χ0) is 22.1. The van der Waals surface area contributed by atoms with Crippen LogP contribution in [0.2, 0.25) is 5.02 Å². The van der Waals surface area contributed by atoms with E-state index in [9.17, 15) is 9.59 Å². The van der Waals surface area contributed by atoms with E-state index in [-0.39, 0.29) is 0 Å². The van der Waals surface area contributed by atoms with Crippen LogP contribution in [0.1, 0.15) is 11.1 Å². The Balaban J connectivity index is 1.49. The molecule has 0 bridgehead atoms. The lowest BCUT2D eigenvalue weighted by Crippen LogP contribution is -2.32. The molecular formula is C23H20ClN3O4. The van der Waals surface area contributed by atoms with Gasteiger partial charge >= 0.3 is 11.8 Å². The first-order valence-corrected chi connectivity index (χ1v) is 9.68. The van der Waals surface area contributed by atoms with E-state index in [4.69, 9.17) is 21.1 Å². The van der Waals surface area contributed by atoms with Crippen molar-refractivity contribution in [2.24, 2.45) is 5.10 Å². The van der Waals surface area contributed by atoms with Crippen molar-refractivity contribution in [3.63, 3.8) is 0 Å². The van der Waals surface area contributed by atoms with Gasteiger partial charge in [-0.1, -0.05) is 41.9 Å². The number of methoxy groups -OCH3 is 1. The molecule has 0 unspecified atom stereocenters. The van der Waals surface area contributed by atoms with Gasteiger partial charge in [0.05, 0.1) is 19.0 Å². The number of benzene rings is 3. The average molecular weight is 438 g/mol. The average Bonchev–Trinajstić information content (AvgIpc) is 2.79. The molecule has 0 aliphatic carbocycles. The predicted molar refractivity (Wildman–Crippen MR) is 120 cm³/mol. The zero-order valence-corrected chi connectivity index (χ0v) is 17.4. The molecule has 0 heterocycles. The number of carbonyl (C=O) groups is 2. The standard InChI is InChI=1S/C23H20ClN3O4/c1-30-21-9-5-4-8-20(21)26-22(28)23(29)27-25-14-16-10-12-18(13-11-16)31-15-17-6-2-3-7-19(17)24/h2-14H,15H2,1H3,(H,26,28)(H,27,29)/b25-14-. The number of hydrazone groups is 1. The summed E-state index contributed by atoms with van der Waals surface area (Å²) in [5.74, 6) is -0.645. The normalized spacial score (nSPS) is 10.5. The van der Waals surface area contributed by atoms with E-state index in [1.807, 2.05) is 24.3 Å². The van der Waals surface area contributed by atoms with E-state index in [2.05, 4.69) is 15.8 Å². The molecule has 3 aromatic carbocycles. The van der Waals surface area contributed by atoms with Crippen molar-refractivity contribution in [1.82, 2.24) is 5.43 Å². The van der Waals surface area contributed by atoms with Crippen LogP contribution in [0.25, 0.3) is 0 Å². The molecule has 7 nitrogen and oxygen atoms in total. The van der Waals surface area contributed by atoms with E-state index >= 15 is 0 Å². The van der Waals surface area contributed by atoms with Crippen LogP contribution in [0.5, 0.6) is 11.5 Å². The van der Waals surface area contributed by atoms with Crippen LogP contribution in [-0.2, 0) is 16.2 Å². The molecule has 0 aromatic heterocycles. The summed E-state index contributed by atoms with van der Waals surface area (Å²) in [5.41, 5.74) is 4.19. The molecule has 0 atom stereocenters. The second-order valence-electron chi connectivity index (χ2n) is 6.30. The molecule has 2 N–H and O–H groups in total. The van der Waals surface area contributed by atoms with Gasteiger partial charge in [-0.3, -0.25) is 9.59 Å². The van der Waals surface area contributed by atoms with Crippen LogP contribution in [0.3, 0.4) is 0 Å². The largest absolute Gasteiger partial charge is 0.495 e. The molecule has 0 radical (unpaired) electrons. The molecule has 158 valence electrons. The summed E-state index contributed by atoms with van der Waals surface area (Å²) in [5, 5.41) is 6.93. The van der Waals surface area contributed by atoms with Crippen LogP contribution in [0, 0.1) is 0 Å². The SMILES string of the molecule is COc1ccccc1NC(=O)C(=O)N/N=C\c1ccc(OCc2ccccc2Cl)cc1. The number of carbonyl (C=O) groups excluding carboxylic acids is 2. The second-order valence-corrected chi connectivity index (χ2v) is 6.71. The number of nitrogens with zero attached hydrogens (tertiary/aromatic N) is 1. The van der Waals surface area contributed by atoms with E-state index in [0.29, 0.717) is 28.8 Å². The van der Waals surface area contributed by atoms with Gasteiger partial charge in [-0.05, 0) is 48.0 Å². The Morgan fingerprint density at radius 2 is 1.68 bits per heavy atom. The van der Waals surface area contributed by atoms with Gasteiger partial charge in [-0.2, -0.15) is 5.10 Å². The minimum Gasteiger partial charge on any atom is -0.495 e. The fourth-order valence-electron chi connectivity index (χ4n) is 2.57. The number of hydrogen-bond donors (Lipinski definition) is 2. The van der Waals surface area contributed by atoms with Crippen molar-refractivity contribution in [2.45, 2.75) is 6.61 Å². The van der Waals surface area contributed by atoms with Gasteiger partial charge in [0.15, 0.2) is 0 Å². The van der Waals surface area contributed by atoms with Crippen LogP contribution >= 0.6 is 11.6 Å². The Morgan fingerprint density at radius 3 is 2.42 bits per heavy atom. The van der Waals surface area contributed by atoms with Crippen LogP contribution < -0.4 is 20.2 Å². The monoisotopic (exact) mass is 437 g/mol. The first-order chi connectivity index (χ1) is 15.1. The molecule has 0 saturated heterocycles. The van der Waals surface area contributed by atoms with Crippen molar-refractivity contribution in [2.75, 3.05) is 12.4 Å². The highest BCUT2D eigenvalue weighted by Crippen LogP contribution is 2.22. The van der Waals surface area contributed by atoms with Crippen LogP contribution in [0.4, 0.5) is 5.69 Å². The number of hydrogen-bond acceptors (Lipinski definition) is 5. The molecule has 31 heavy (non-hydrogen) atoms. The van der Waals surface area contributed by atoms with Crippen molar-refractivity contribution in [1.29, 1.82) is 0 Å². The van der Waals surface area contributed by atoms with Gasteiger partial charge in [0.25, 0.3) is 0 Å². The summed E-state index contributed by atoms with van der Waals surface area (Å²) in [7, 11) is 1.47. The summed E-state index contributed by atoms with van der Waals surface area (Å²) in [6.45, 7) is 0.352. The summed E-state index contributed by atoms with van der Waals surface area (Å²) in [6.07, 6.45) is 1.42. The third-order valence-corrected chi connectivity index (χ3v) is 4.54. The fourth-order valence-corrected chi connectivity index (χ4v) is 2.76. The number of para-hydroxylation sites is 2. The Hall–Kier alpha value is -3.84. The molecule has 2 amide bonds.